The summed E-state index contributed by atoms with van der Waals surface area (Å²) >= 11 is 3.36. The lowest BCUT2D eigenvalue weighted by Crippen LogP contribution is -2.54. The number of likely N-dealkylation sites (tertiary alicyclic amines) is 1. The number of aromatic nitrogens is 1. The zero-order valence-corrected chi connectivity index (χ0v) is 9.79. The molecular weight excluding hydrogens is 242 g/mol. The van der Waals surface area contributed by atoms with E-state index in [1.165, 1.54) is 0 Å². The highest BCUT2D eigenvalue weighted by molar-refractivity contribution is 9.10. The van der Waals surface area contributed by atoms with E-state index in [4.69, 9.17) is 0 Å². The minimum atomic E-state index is 0.566. The summed E-state index contributed by atoms with van der Waals surface area (Å²) in [5.74, 6) is 0.958. The van der Waals surface area contributed by atoms with Crippen LogP contribution in [-0.4, -0.2) is 35.6 Å². The second-order valence-corrected chi connectivity index (χ2v) is 4.35. The number of hydrogen-bond donors (Lipinski definition) is 1. The molecule has 14 heavy (non-hydrogen) atoms. The van der Waals surface area contributed by atoms with Gasteiger partial charge in [0.25, 0.3) is 0 Å². The molecule has 0 radical (unpaired) electrons. The molecule has 1 aliphatic heterocycles. The quantitative estimate of drug-likeness (QED) is 0.838. The van der Waals surface area contributed by atoms with Gasteiger partial charge in [-0.25, -0.2) is 4.98 Å². The maximum absolute atomic E-state index is 4.33. The van der Waals surface area contributed by atoms with Crippen LogP contribution in [0.5, 0.6) is 0 Å². The van der Waals surface area contributed by atoms with Crippen molar-refractivity contribution in [3.05, 3.63) is 22.8 Å². The lowest BCUT2D eigenvalue weighted by Gasteiger charge is -2.39. The Labute approximate surface area is 92.6 Å². The molecule has 2 heterocycles. The molecule has 0 saturated carbocycles. The van der Waals surface area contributed by atoms with Crippen molar-refractivity contribution in [1.82, 2.24) is 9.88 Å². The predicted molar refractivity (Wildman–Crippen MR) is 61.5 cm³/mol. The Morgan fingerprint density at radius 3 is 3.00 bits per heavy atom. The summed E-state index contributed by atoms with van der Waals surface area (Å²) in [6, 6.07) is 6.50. The Balaban J connectivity index is 1.87. The van der Waals surface area contributed by atoms with Crippen molar-refractivity contribution in [1.29, 1.82) is 0 Å². The fourth-order valence-electron chi connectivity index (χ4n) is 1.62. The zero-order chi connectivity index (χ0) is 9.97. The first kappa shape index (κ1) is 9.93. The first-order chi connectivity index (χ1) is 6.78. The smallest absolute Gasteiger partial charge is 0.127 e. The summed E-state index contributed by atoms with van der Waals surface area (Å²) in [6.07, 6.45) is 0. The molecular formula is C10H14BrN3. The topological polar surface area (TPSA) is 28.2 Å². The van der Waals surface area contributed by atoms with E-state index in [0.717, 1.165) is 30.1 Å². The summed E-state index contributed by atoms with van der Waals surface area (Å²) in [6.45, 7) is 5.59. The highest BCUT2D eigenvalue weighted by Gasteiger charge is 2.24. The molecule has 2 rings (SSSR count). The van der Waals surface area contributed by atoms with E-state index in [2.05, 4.69) is 38.1 Å². The minimum Gasteiger partial charge on any atom is -0.365 e. The SMILES string of the molecule is CCN1CC(Nc2cccc(Br)n2)C1. The molecule has 0 amide bonds. The van der Waals surface area contributed by atoms with Crippen LogP contribution in [0.3, 0.4) is 0 Å². The number of nitrogens with zero attached hydrogens (tertiary/aromatic N) is 2. The third-order valence-corrected chi connectivity index (χ3v) is 2.91. The second-order valence-electron chi connectivity index (χ2n) is 3.54. The zero-order valence-electron chi connectivity index (χ0n) is 8.20. The van der Waals surface area contributed by atoms with Gasteiger partial charge in [-0.1, -0.05) is 13.0 Å². The summed E-state index contributed by atoms with van der Waals surface area (Å²) in [5.41, 5.74) is 0. The summed E-state index contributed by atoms with van der Waals surface area (Å²) < 4.78 is 0.883. The van der Waals surface area contributed by atoms with E-state index in [-0.39, 0.29) is 0 Å². The van der Waals surface area contributed by atoms with Gasteiger partial charge in [0.15, 0.2) is 0 Å². The van der Waals surface area contributed by atoms with Crippen molar-refractivity contribution in [2.75, 3.05) is 25.0 Å². The minimum absolute atomic E-state index is 0.566. The number of likely N-dealkylation sites (N-methyl/N-ethyl adjacent to an activating group) is 1. The van der Waals surface area contributed by atoms with Gasteiger partial charge in [-0.2, -0.15) is 0 Å². The monoisotopic (exact) mass is 255 g/mol. The Kier molecular flexibility index (Phi) is 3.03. The maximum Gasteiger partial charge on any atom is 0.127 e. The van der Waals surface area contributed by atoms with Gasteiger partial charge in [-0.05, 0) is 34.6 Å². The van der Waals surface area contributed by atoms with Crippen molar-refractivity contribution in [3.8, 4) is 0 Å². The molecule has 0 aliphatic carbocycles. The van der Waals surface area contributed by atoms with Gasteiger partial charge in [0.2, 0.25) is 0 Å². The molecule has 4 heteroatoms. The van der Waals surface area contributed by atoms with Crippen LogP contribution in [0.2, 0.25) is 0 Å². The number of pyridine rings is 1. The number of hydrogen-bond acceptors (Lipinski definition) is 3. The number of anilines is 1. The summed E-state index contributed by atoms with van der Waals surface area (Å²) in [7, 11) is 0. The Hall–Kier alpha value is -0.610. The van der Waals surface area contributed by atoms with Gasteiger partial charge < -0.3 is 5.32 Å². The molecule has 1 aliphatic rings. The van der Waals surface area contributed by atoms with Crippen molar-refractivity contribution >= 4 is 21.7 Å². The highest BCUT2D eigenvalue weighted by Crippen LogP contribution is 2.15. The van der Waals surface area contributed by atoms with Gasteiger partial charge in [-0.3, -0.25) is 4.90 Å². The van der Waals surface area contributed by atoms with E-state index in [1.807, 2.05) is 18.2 Å². The largest absolute Gasteiger partial charge is 0.365 e. The normalized spacial score (nSPS) is 17.9. The van der Waals surface area contributed by atoms with Crippen LogP contribution < -0.4 is 5.32 Å². The van der Waals surface area contributed by atoms with Crippen LogP contribution in [0, 0.1) is 0 Å². The fraction of sp³-hybridized carbons (Fsp3) is 0.500. The van der Waals surface area contributed by atoms with Crippen molar-refractivity contribution in [2.45, 2.75) is 13.0 Å². The van der Waals surface area contributed by atoms with Gasteiger partial charge >= 0.3 is 0 Å². The van der Waals surface area contributed by atoms with Crippen molar-refractivity contribution in [3.63, 3.8) is 0 Å². The molecule has 1 fully saturated rings. The average molecular weight is 256 g/mol. The Bertz CT molecular complexity index is 310. The molecule has 1 aromatic rings. The maximum atomic E-state index is 4.33. The van der Waals surface area contributed by atoms with E-state index in [0.29, 0.717) is 6.04 Å². The van der Waals surface area contributed by atoms with Crippen LogP contribution in [0.15, 0.2) is 22.8 Å². The van der Waals surface area contributed by atoms with Gasteiger partial charge in [0.05, 0.1) is 6.04 Å². The first-order valence-corrected chi connectivity index (χ1v) is 5.68. The molecule has 1 saturated heterocycles. The molecule has 76 valence electrons. The first-order valence-electron chi connectivity index (χ1n) is 4.89. The van der Waals surface area contributed by atoms with Crippen LogP contribution in [0.25, 0.3) is 0 Å². The third kappa shape index (κ3) is 2.25. The van der Waals surface area contributed by atoms with Crippen LogP contribution in [-0.2, 0) is 0 Å². The van der Waals surface area contributed by atoms with E-state index < -0.39 is 0 Å². The van der Waals surface area contributed by atoms with Gasteiger partial charge in [0.1, 0.15) is 10.4 Å². The molecule has 0 bridgehead atoms. The Morgan fingerprint density at radius 2 is 2.36 bits per heavy atom. The molecule has 0 spiro atoms. The molecule has 0 atom stereocenters. The van der Waals surface area contributed by atoms with Crippen LogP contribution in [0.4, 0.5) is 5.82 Å². The summed E-state index contributed by atoms with van der Waals surface area (Å²) in [4.78, 5) is 6.73. The second kappa shape index (κ2) is 4.28. The Morgan fingerprint density at radius 1 is 1.57 bits per heavy atom. The van der Waals surface area contributed by atoms with E-state index >= 15 is 0 Å². The third-order valence-electron chi connectivity index (χ3n) is 2.47. The number of rotatable bonds is 3. The number of nitrogens with one attached hydrogen (secondary N) is 1. The van der Waals surface area contributed by atoms with Gasteiger partial charge in [-0.15, -0.1) is 0 Å². The molecule has 1 N–H and O–H groups in total. The van der Waals surface area contributed by atoms with E-state index in [9.17, 15) is 0 Å². The lowest BCUT2D eigenvalue weighted by molar-refractivity contribution is 0.171. The molecule has 1 aromatic heterocycles. The predicted octanol–water partition coefficient (Wildman–Crippen LogP) is 1.96. The fourth-order valence-corrected chi connectivity index (χ4v) is 1.96. The van der Waals surface area contributed by atoms with Gasteiger partial charge in [0, 0.05) is 13.1 Å². The van der Waals surface area contributed by atoms with E-state index in [1.54, 1.807) is 0 Å². The lowest BCUT2D eigenvalue weighted by atomic mass is 10.1. The molecule has 0 unspecified atom stereocenters. The standard InChI is InChI=1S/C10H14BrN3/c1-2-14-6-8(7-14)12-10-5-3-4-9(11)13-10/h3-5,8H,2,6-7H2,1H3,(H,12,13). The van der Waals surface area contributed by atoms with Crippen molar-refractivity contribution < 1.29 is 0 Å². The van der Waals surface area contributed by atoms with Crippen LogP contribution in [0.1, 0.15) is 6.92 Å². The molecule has 0 aromatic carbocycles. The summed E-state index contributed by atoms with van der Waals surface area (Å²) in [5, 5.41) is 3.40. The number of halogens is 1. The highest BCUT2D eigenvalue weighted by atomic mass is 79.9. The van der Waals surface area contributed by atoms with Crippen molar-refractivity contribution in [2.24, 2.45) is 0 Å². The molecule has 3 nitrogen and oxygen atoms in total. The average Bonchev–Trinajstić information content (AvgIpc) is 2.10. The van der Waals surface area contributed by atoms with Crippen LogP contribution >= 0.6 is 15.9 Å².